The number of hydrogen-bond donors (Lipinski definition) is 1. The molecule has 5 nitrogen and oxygen atoms in total. The molecule has 1 aromatic rings. The number of aromatic nitrogens is 1. The molecule has 0 aromatic carbocycles. The van der Waals surface area contributed by atoms with E-state index in [1.807, 2.05) is 17.9 Å². The molecule has 1 fully saturated rings. The molecule has 0 aliphatic carbocycles. The second kappa shape index (κ2) is 6.10. The van der Waals surface area contributed by atoms with Gasteiger partial charge in [-0.2, -0.15) is 0 Å². The number of nitrogens with one attached hydrogen (secondary N) is 1. The first-order chi connectivity index (χ1) is 8.55. The highest BCUT2D eigenvalue weighted by atomic mass is 32.2. The Kier molecular flexibility index (Phi) is 4.71. The zero-order chi connectivity index (χ0) is 13.0. The summed E-state index contributed by atoms with van der Waals surface area (Å²) in [5.74, 6) is 0.551. The van der Waals surface area contributed by atoms with Gasteiger partial charge in [0.05, 0.1) is 22.7 Å². The molecule has 0 spiro atoms. The van der Waals surface area contributed by atoms with E-state index in [1.54, 1.807) is 11.3 Å². The minimum Gasteiger partial charge on any atom is -0.312 e. The average molecular weight is 289 g/mol. The molecule has 0 radical (unpaired) electrons. The van der Waals surface area contributed by atoms with E-state index in [2.05, 4.69) is 15.2 Å². The van der Waals surface area contributed by atoms with Gasteiger partial charge in [-0.15, -0.1) is 11.3 Å². The number of rotatable bonds is 5. The Bertz CT molecular complexity index is 459. The summed E-state index contributed by atoms with van der Waals surface area (Å²) in [6.07, 6.45) is 0.861. The van der Waals surface area contributed by atoms with Crippen molar-refractivity contribution in [3.05, 3.63) is 16.6 Å². The molecule has 0 bridgehead atoms. The summed E-state index contributed by atoms with van der Waals surface area (Å²) in [7, 11) is -0.783. The smallest absolute Gasteiger partial charge is 0.153 e. The molecular weight excluding hydrogens is 270 g/mol. The van der Waals surface area contributed by atoms with Gasteiger partial charge in [0.15, 0.2) is 9.84 Å². The van der Waals surface area contributed by atoms with E-state index in [0.29, 0.717) is 6.54 Å². The van der Waals surface area contributed by atoms with Gasteiger partial charge >= 0.3 is 0 Å². The van der Waals surface area contributed by atoms with Gasteiger partial charge in [0.2, 0.25) is 0 Å². The van der Waals surface area contributed by atoms with Crippen molar-refractivity contribution in [3.63, 3.8) is 0 Å². The van der Waals surface area contributed by atoms with E-state index in [0.717, 1.165) is 25.2 Å². The van der Waals surface area contributed by atoms with E-state index < -0.39 is 9.84 Å². The molecular formula is C11H19N3O2S2. The van der Waals surface area contributed by atoms with Crippen LogP contribution < -0.4 is 5.32 Å². The van der Waals surface area contributed by atoms with Crippen LogP contribution in [0.5, 0.6) is 0 Å². The van der Waals surface area contributed by atoms with E-state index in [9.17, 15) is 8.42 Å². The first-order valence-corrected chi connectivity index (χ1v) is 8.81. The summed E-state index contributed by atoms with van der Waals surface area (Å²) in [6.45, 7) is 2.29. The van der Waals surface area contributed by atoms with Crippen LogP contribution in [0.25, 0.3) is 0 Å². The van der Waals surface area contributed by atoms with Crippen LogP contribution in [0.2, 0.25) is 0 Å². The molecule has 1 aliphatic heterocycles. The highest BCUT2D eigenvalue weighted by Gasteiger charge is 2.23. The summed E-state index contributed by atoms with van der Waals surface area (Å²) in [4.78, 5) is 6.42. The maximum atomic E-state index is 11.5. The normalized spacial score (nSPS) is 23.3. The standard InChI is InChI=1S/C11H19N3O2S2/c1-14(6-11-7-17-9-13-11)4-2-10-8-18(15,16)5-3-12-10/h7,9-10,12H,2-6,8H2,1H3. The molecule has 1 saturated heterocycles. The molecule has 18 heavy (non-hydrogen) atoms. The van der Waals surface area contributed by atoms with Gasteiger partial charge in [-0.3, -0.25) is 0 Å². The van der Waals surface area contributed by atoms with Crippen LogP contribution >= 0.6 is 11.3 Å². The lowest BCUT2D eigenvalue weighted by molar-refractivity contribution is 0.301. The number of thiazole rings is 1. The van der Waals surface area contributed by atoms with Crippen LogP contribution in [0.1, 0.15) is 12.1 Å². The monoisotopic (exact) mass is 289 g/mol. The third-order valence-electron chi connectivity index (χ3n) is 3.08. The summed E-state index contributed by atoms with van der Waals surface area (Å²) < 4.78 is 23.0. The topological polar surface area (TPSA) is 62.3 Å². The lowest BCUT2D eigenvalue weighted by atomic mass is 10.2. The Hall–Kier alpha value is -0.500. The number of hydrogen-bond acceptors (Lipinski definition) is 6. The molecule has 7 heteroatoms. The van der Waals surface area contributed by atoms with Crippen LogP contribution in [-0.4, -0.2) is 56.0 Å². The van der Waals surface area contributed by atoms with E-state index in [4.69, 9.17) is 0 Å². The first kappa shape index (κ1) is 13.9. The maximum Gasteiger partial charge on any atom is 0.153 e. The summed E-state index contributed by atoms with van der Waals surface area (Å²) in [5, 5.41) is 5.31. The molecule has 1 aromatic heterocycles. The van der Waals surface area contributed by atoms with E-state index in [1.165, 1.54) is 0 Å². The lowest BCUT2D eigenvalue weighted by Gasteiger charge is -2.25. The zero-order valence-electron chi connectivity index (χ0n) is 10.5. The SMILES string of the molecule is CN(CCC1CS(=O)(=O)CCN1)Cc1cscn1. The van der Waals surface area contributed by atoms with Crippen molar-refractivity contribution in [2.24, 2.45) is 0 Å². The van der Waals surface area contributed by atoms with Gasteiger partial charge in [0.1, 0.15) is 0 Å². The van der Waals surface area contributed by atoms with Crippen LogP contribution in [0.4, 0.5) is 0 Å². The molecule has 0 amide bonds. The molecule has 1 unspecified atom stereocenters. The van der Waals surface area contributed by atoms with Crippen molar-refractivity contribution in [2.45, 2.75) is 19.0 Å². The van der Waals surface area contributed by atoms with Gasteiger partial charge in [0.25, 0.3) is 0 Å². The summed E-state index contributed by atoms with van der Waals surface area (Å²) in [5.41, 5.74) is 2.91. The van der Waals surface area contributed by atoms with Crippen molar-refractivity contribution >= 4 is 21.2 Å². The molecule has 2 rings (SSSR count). The number of sulfone groups is 1. The lowest BCUT2D eigenvalue weighted by Crippen LogP contribution is -2.46. The van der Waals surface area contributed by atoms with Gasteiger partial charge in [-0.05, 0) is 20.0 Å². The third kappa shape index (κ3) is 4.31. The largest absolute Gasteiger partial charge is 0.312 e. The van der Waals surface area contributed by atoms with Gasteiger partial charge in [-0.1, -0.05) is 0 Å². The molecule has 1 atom stereocenters. The Morgan fingerprint density at radius 2 is 2.44 bits per heavy atom. The molecule has 1 N–H and O–H groups in total. The Balaban J connectivity index is 1.74. The van der Waals surface area contributed by atoms with Gasteiger partial charge in [0, 0.05) is 24.5 Å². The number of nitrogens with zero attached hydrogens (tertiary/aromatic N) is 2. The summed E-state index contributed by atoms with van der Waals surface area (Å²) >= 11 is 1.60. The fraction of sp³-hybridized carbons (Fsp3) is 0.727. The fourth-order valence-corrected chi connectivity index (χ4v) is 4.14. The van der Waals surface area contributed by atoms with Crippen LogP contribution in [0.15, 0.2) is 10.9 Å². The van der Waals surface area contributed by atoms with Crippen LogP contribution in [0.3, 0.4) is 0 Å². The van der Waals surface area contributed by atoms with Crippen LogP contribution in [0, 0.1) is 0 Å². The van der Waals surface area contributed by atoms with Crippen molar-refractivity contribution in [3.8, 4) is 0 Å². The fourth-order valence-electron chi connectivity index (χ4n) is 2.10. The van der Waals surface area contributed by atoms with E-state index >= 15 is 0 Å². The van der Waals surface area contributed by atoms with Crippen molar-refractivity contribution < 1.29 is 8.42 Å². The van der Waals surface area contributed by atoms with Crippen molar-refractivity contribution in [1.29, 1.82) is 0 Å². The molecule has 1 aliphatic rings. The Labute approximate surface area is 112 Å². The second-order valence-corrected chi connectivity index (χ2v) is 7.72. The Morgan fingerprint density at radius 1 is 1.61 bits per heavy atom. The third-order valence-corrected chi connectivity index (χ3v) is 5.45. The van der Waals surface area contributed by atoms with Gasteiger partial charge < -0.3 is 10.2 Å². The maximum absolute atomic E-state index is 11.5. The second-order valence-electron chi connectivity index (χ2n) is 4.77. The highest BCUT2D eigenvalue weighted by Crippen LogP contribution is 2.08. The summed E-state index contributed by atoms with van der Waals surface area (Å²) in [6, 6.07) is 0.0987. The molecule has 0 saturated carbocycles. The van der Waals surface area contributed by atoms with Crippen LogP contribution in [-0.2, 0) is 16.4 Å². The van der Waals surface area contributed by atoms with Crippen molar-refractivity contribution in [1.82, 2.24) is 15.2 Å². The average Bonchev–Trinajstić information content (AvgIpc) is 2.78. The predicted octanol–water partition coefficient (Wildman–Crippen LogP) is 0.352. The Morgan fingerprint density at radius 3 is 3.11 bits per heavy atom. The highest BCUT2D eigenvalue weighted by molar-refractivity contribution is 7.91. The molecule has 102 valence electrons. The van der Waals surface area contributed by atoms with Crippen molar-refractivity contribution in [2.75, 3.05) is 31.6 Å². The minimum absolute atomic E-state index is 0.0987. The predicted molar refractivity (Wildman–Crippen MR) is 73.5 cm³/mol. The quantitative estimate of drug-likeness (QED) is 0.847. The minimum atomic E-state index is -2.82. The zero-order valence-corrected chi connectivity index (χ0v) is 12.1. The van der Waals surface area contributed by atoms with Gasteiger partial charge in [-0.25, -0.2) is 13.4 Å². The first-order valence-electron chi connectivity index (χ1n) is 6.04. The van der Waals surface area contributed by atoms with E-state index in [-0.39, 0.29) is 17.5 Å². The molecule has 2 heterocycles.